The van der Waals surface area contributed by atoms with Crippen molar-refractivity contribution in [3.8, 4) is 0 Å². The number of carbonyl (C=O) groups is 1. The van der Waals surface area contributed by atoms with Crippen molar-refractivity contribution >= 4 is 28.2 Å². The van der Waals surface area contributed by atoms with Crippen LogP contribution in [0.25, 0.3) is 11.0 Å². The quantitative estimate of drug-likeness (QED) is 0.519. The Bertz CT molecular complexity index is 991. The van der Waals surface area contributed by atoms with E-state index < -0.39 is 0 Å². The van der Waals surface area contributed by atoms with Gasteiger partial charge in [-0.2, -0.15) is 0 Å². The van der Waals surface area contributed by atoms with Gasteiger partial charge in [0.05, 0.1) is 17.6 Å². The minimum Gasteiger partial charge on any atom is -0.356 e. The summed E-state index contributed by atoms with van der Waals surface area (Å²) in [7, 11) is 0. The molecule has 0 unspecified atom stereocenters. The maximum Gasteiger partial charge on any atom is 0.217 e. The van der Waals surface area contributed by atoms with Gasteiger partial charge in [-0.15, -0.1) is 11.3 Å². The number of hydrogen-bond donors (Lipinski definition) is 1. The third kappa shape index (κ3) is 5.08. The molecule has 160 valence electrons. The van der Waals surface area contributed by atoms with Gasteiger partial charge in [0, 0.05) is 22.6 Å². The second-order valence-corrected chi connectivity index (χ2v) is 9.28. The highest BCUT2D eigenvalue weighted by molar-refractivity contribution is 7.11. The molecule has 0 saturated carbocycles. The number of aromatic nitrogens is 1. The average molecular weight is 430 g/mol. The van der Waals surface area contributed by atoms with Gasteiger partial charge in [0.15, 0.2) is 5.58 Å². The van der Waals surface area contributed by atoms with Crippen LogP contribution in [0.3, 0.4) is 0 Å². The van der Waals surface area contributed by atoms with Crippen molar-refractivity contribution in [3.63, 3.8) is 0 Å². The van der Waals surface area contributed by atoms with Crippen molar-refractivity contribution in [2.45, 2.75) is 51.5 Å². The minimum absolute atomic E-state index is 0.00981. The molecule has 30 heavy (non-hydrogen) atoms. The van der Waals surface area contributed by atoms with Crippen LogP contribution in [0, 0.1) is 5.82 Å². The molecule has 0 bridgehead atoms. The molecule has 0 radical (unpaired) electrons. The number of carbonyl (C=O) groups excluding carboxylic acids is 1. The van der Waals surface area contributed by atoms with E-state index in [0.717, 1.165) is 44.6 Å². The standard InChI is InChI=1S/C23H28FN3O2S/c1-16(28)25-15-19-9-8-18(30-19)5-2-3-12-27-13-10-17(11-14-27)23-22-20(24)6-4-7-21(22)29-26-23/h4,6-9,17H,2-3,5,10-15H2,1H3,(H,25,28). The van der Waals surface area contributed by atoms with Gasteiger partial charge < -0.3 is 14.7 Å². The summed E-state index contributed by atoms with van der Waals surface area (Å²) in [6.07, 6.45) is 5.41. The molecule has 0 aliphatic carbocycles. The van der Waals surface area contributed by atoms with Gasteiger partial charge in [-0.25, -0.2) is 4.39 Å². The number of hydrogen-bond acceptors (Lipinski definition) is 5. The van der Waals surface area contributed by atoms with Gasteiger partial charge in [-0.05, 0) is 76.0 Å². The molecule has 1 saturated heterocycles. The van der Waals surface area contributed by atoms with E-state index >= 15 is 0 Å². The summed E-state index contributed by atoms with van der Waals surface area (Å²) in [4.78, 5) is 16.1. The summed E-state index contributed by atoms with van der Waals surface area (Å²) in [6.45, 7) is 5.31. The summed E-state index contributed by atoms with van der Waals surface area (Å²) in [5.74, 6) is 0.0446. The lowest BCUT2D eigenvalue weighted by atomic mass is 9.91. The van der Waals surface area contributed by atoms with Gasteiger partial charge in [-0.1, -0.05) is 11.2 Å². The fourth-order valence-electron chi connectivity index (χ4n) is 4.18. The number of thiophene rings is 1. The van der Waals surface area contributed by atoms with E-state index in [1.54, 1.807) is 30.4 Å². The lowest BCUT2D eigenvalue weighted by Crippen LogP contribution is -2.33. The highest BCUT2D eigenvalue weighted by atomic mass is 32.1. The number of benzene rings is 1. The van der Waals surface area contributed by atoms with Crippen LogP contribution in [0.5, 0.6) is 0 Å². The fourth-order valence-corrected chi connectivity index (χ4v) is 5.18. The molecule has 1 aromatic carbocycles. The molecule has 1 amide bonds. The van der Waals surface area contributed by atoms with Crippen molar-refractivity contribution in [2.75, 3.05) is 19.6 Å². The highest BCUT2D eigenvalue weighted by Crippen LogP contribution is 2.33. The van der Waals surface area contributed by atoms with Gasteiger partial charge in [0.2, 0.25) is 5.91 Å². The van der Waals surface area contributed by atoms with Crippen LogP contribution in [-0.4, -0.2) is 35.6 Å². The zero-order valence-electron chi connectivity index (χ0n) is 17.3. The molecule has 3 aromatic rings. The number of fused-ring (bicyclic) bond motifs is 1. The first kappa shape index (κ1) is 21.0. The van der Waals surface area contributed by atoms with E-state index in [1.165, 1.54) is 28.7 Å². The van der Waals surface area contributed by atoms with E-state index in [0.29, 0.717) is 17.5 Å². The third-order valence-corrected chi connectivity index (χ3v) is 6.97. The largest absolute Gasteiger partial charge is 0.356 e. The molecular weight excluding hydrogens is 401 g/mol. The fraction of sp³-hybridized carbons (Fsp3) is 0.478. The Morgan fingerprint density at radius 1 is 1.23 bits per heavy atom. The van der Waals surface area contributed by atoms with E-state index in [2.05, 4.69) is 27.5 Å². The molecule has 0 spiro atoms. The minimum atomic E-state index is -0.236. The van der Waals surface area contributed by atoms with Crippen LogP contribution in [0.4, 0.5) is 4.39 Å². The first-order valence-corrected chi connectivity index (χ1v) is 11.5. The van der Waals surface area contributed by atoms with Crippen molar-refractivity contribution in [3.05, 3.63) is 51.6 Å². The SMILES string of the molecule is CC(=O)NCc1ccc(CCCCN2CCC(c3noc4cccc(F)c34)CC2)s1. The average Bonchev–Trinajstić information content (AvgIpc) is 3.38. The van der Waals surface area contributed by atoms with Gasteiger partial charge in [0.1, 0.15) is 5.82 Å². The lowest BCUT2D eigenvalue weighted by Gasteiger charge is -2.31. The topological polar surface area (TPSA) is 58.4 Å². The van der Waals surface area contributed by atoms with Gasteiger partial charge in [-0.3, -0.25) is 4.79 Å². The highest BCUT2D eigenvalue weighted by Gasteiger charge is 2.26. The van der Waals surface area contributed by atoms with Crippen molar-refractivity contribution in [1.29, 1.82) is 0 Å². The van der Waals surface area contributed by atoms with Crippen LogP contribution in [0.2, 0.25) is 0 Å². The Morgan fingerprint density at radius 2 is 2.03 bits per heavy atom. The molecule has 0 atom stereocenters. The third-order valence-electron chi connectivity index (χ3n) is 5.82. The zero-order valence-corrected chi connectivity index (χ0v) is 18.1. The molecule has 3 heterocycles. The molecule has 7 heteroatoms. The van der Waals surface area contributed by atoms with Crippen LogP contribution in [0.1, 0.15) is 54.0 Å². The molecule has 1 aliphatic heterocycles. The predicted octanol–water partition coefficient (Wildman–Crippen LogP) is 4.87. The maximum absolute atomic E-state index is 14.2. The first-order chi connectivity index (χ1) is 14.6. The summed E-state index contributed by atoms with van der Waals surface area (Å²) < 4.78 is 19.5. The van der Waals surface area contributed by atoms with Crippen molar-refractivity contribution in [2.24, 2.45) is 0 Å². The van der Waals surface area contributed by atoms with Crippen LogP contribution in [-0.2, 0) is 17.8 Å². The van der Waals surface area contributed by atoms with Gasteiger partial charge >= 0.3 is 0 Å². The van der Waals surface area contributed by atoms with Gasteiger partial charge in [0.25, 0.3) is 0 Å². The van der Waals surface area contributed by atoms with Crippen LogP contribution in [0.15, 0.2) is 34.9 Å². The first-order valence-electron chi connectivity index (χ1n) is 10.7. The monoisotopic (exact) mass is 429 g/mol. The van der Waals surface area contributed by atoms with E-state index in [4.69, 9.17) is 4.52 Å². The summed E-state index contributed by atoms with van der Waals surface area (Å²) >= 11 is 1.79. The smallest absolute Gasteiger partial charge is 0.217 e. The zero-order chi connectivity index (χ0) is 20.9. The summed E-state index contributed by atoms with van der Waals surface area (Å²) in [6, 6.07) is 9.20. The van der Waals surface area contributed by atoms with Crippen LogP contribution < -0.4 is 5.32 Å². The number of aryl methyl sites for hydroxylation is 1. The molecule has 5 nitrogen and oxygen atoms in total. The van der Waals surface area contributed by atoms with Crippen molar-refractivity contribution < 1.29 is 13.7 Å². The number of nitrogens with one attached hydrogen (secondary N) is 1. The molecule has 2 aromatic heterocycles. The van der Waals surface area contributed by atoms with E-state index in [-0.39, 0.29) is 17.6 Å². The molecule has 4 rings (SSSR count). The Hall–Kier alpha value is -2.25. The Kier molecular flexibility index (Phi) is 6.79. The molecule has 1 N–H and O–H groups in total. The lowest BCUT2D eigenvalue weighted by molar-refractivity contribution is -0.119. The maximum atomic E-state index is 14.2. The summed E-state index contributed by atoms with van der Waals surface area (Å²) in [5.41, 5.74) is 1.33. The summed E-state index contributed by atoms with van der Waals surface area (Å²) in [5, 5.41) is 7.59. The number of piperidine rings is 1. The molecular formula is C23H28FN3O2S. The second kappa shape index (κ2) is 9.71. The predicted molar refractivity (Wildman–Crippen MR) is 117 cm³/mol. The normalized spacial score (nSPS) is 15.7. The van der Waals surface area contributed by atoms with Crippen molar-refractivity contribution in [1.82, 2.24) is 15.4 Å². The van der Waals surface area contributed by atoms with E-state index in [1.807, 2.05) is 0 Å². The Balaban J connectivity index is 1.19. The number of rotatable bonds is 8. The number of likely N-dealkylation sites (tertiary alicyclic amines) is 1. The number of unbranched alkanes of at least 4 members (excludes halogenated alkanes) is 1. The molecule has 1 aliphatic rings. The number of nitrogens with zero attached hydrogens (tertiary/aromatic N) is 2. The number of halogens is 1. The second-order valence-electron chi connectivity index (χ2n) is 8.03. The Labute approximate surface area is 180 Å². The number of amides is 1. The van der Waals surface area contributed by atoms with Crippen LogP contribution >= 0.6 is 11.3 Å². The Morgan fingerprint density at radius 3 is 2.83 bits per heavy atom. The molecule has 1 fully saturated rings. The van der Waals surface area contributed by atoms with E-state index in [9.17, 15) is 9.18 Å².